The Hall–Kier alpha value is -0.471. The molecule has 0 aliphatic carbocycles. The van der Waals surface area contributed by atoms with Crippen molar-refractivity contribution in [2.24, 2.45) is 0 Å². The molecule has 0 aliphatic rings. The zero-order chi connectivity index (χ0) is 9.65. The van der Waals surface area contributed by atoms with Gasteiger partial charge < -0.3 is 35.6 Å². The number of hydrogen-bond donors (Lipinski definition) is 3. The molecular weight excluding hydrogens is 253 g/mol. The fourth-order valence-electron chi connectivity index (χ4n) is 0. The molecule has 0 saturated heterocycles. The summed E-state index contributed by atoms with van der Waals surface area (Å²) in [4.78, 5) is 43.8. The van der Waals surface area contributed by atoms with Gasteiger partial charge in [0.2, 0.25) is 0 Å². The first kappa shape index (κ1) is 22.9. The van der Waals surface area contributed by atoms with E-state index in [0.717, 1.165) is 0 Å². The summed E-state index contributed by atoms with van der Waals surface area (Å²) < 4.78 is 8.55. The van der Waals surface area contributed by atoms with Gasteiger partial charge in [-0.2, -0.15) is 7.82 Å². The number of carboxylic acid groups (broad SMARTS) is 2. The summed E-state index contributed by atoms with van der Waals surface area (Å²) in [5.41, 5.74) is 0. The van der Waals surface area contributed by atoms with Crippen molar-refractivity contribution in [1.29, 1.82) is 0 Å². The minimum absolute atomic E-state index is 0. The maximum Gasteiger partial charge on any atom is 2.00 e. The van der Waals surface area contributed by atoms with Crippen molar-refractivity contribution in [3.05, 3.63) is 0 Å². The van der Waals surface area contributed by atoms with Crippen LogP contribution in [0.15, 0.2) is 0 Å². The average molecular weight is 259 g/mol. The molecule has 0 heterocycles. The first-order valence-corrected chi connectivity index (χ1v) is 3.30. The second-order valence-electron chi connectivity index (χ2n) is 1.06. The van der Waals surface area contributed by atoms with E-state index in [1.54, 1.807) is 0 Å². The Morgan fingerprint density at radius 2 is 1.08 bits per heavy atom. The molecule has 0 aliphatic heterocycles. The van der Waals surface area contributed by atoms with Crippen LogP contribution in [0.3, 0.4) is 0 Å². The molecule has 13 heavy (non-hydrogen) atoms. The van der Waals surface area contributed by atoms with Gasteiger partial charge in [-0.05, 0) is 0 Å². The van der Waals surface area contributed by atoms with E-state index in [0.29, 0.717) is 0 Å². The fraction of sp³-hybridized carbons (Fsp3) is 0. The summed E-state index contributed by atoms with van der Waals surface area (Å²) in [6.07, 6.45) is 0. The van der Waals surface area contributed by atoms with Gasteiger partial charge in [0.25, 0.3) is 0 Å². The largest absolute Gasteiger partial charge is 2.00 e. The van der Waals surface area contributed by atoms with E-state index >= 15 is 0 Å². The monoisotopic (exact) mass is 259 g/mol. The molecule has 6 N–H and O–H groups in total. The van der Waals surface area contributed by atoms with E-state index in [9.17, 15) is 0 Å². The third-order valence-electron chi connectivity index (χ3n) is 0.183. The molecule has 80 valence electrons. The van der Waals surface area contributed by atoms with Crippen LogP contribution in [0.1, 0.15) is 0 Å². The van der Waals surface area contributed by atoms with Gasteiger partial charge >= 0.3 is 29.0 Å². The zero-order valence-electron chi connectivity index (χ0n) is 6.14. The molecule has 0 saturated carbocycles. The summed E-state index contributed by atoms with van der Waals surface area (Å²) in [7, 11) is -5.39. The Morgan fingerprint density at radius 3 is 1.08 bits per heavy atom. The molecule has 0 fully saturated rings. The summed E-state index contributed by atoms with van der Waals surface area (Å²) >= 11 is 0. The van der Waals surface area contributed by atoms with Crippen LogP contribution in [-0.2, 0) is 31.2 Å². The van der Waals surface area contributed by atoms with E-state index in [2.05, 4.69) is 0 Å². The summed E-state index contributed by atoms with van der Waals surface area (Å²) in [6.45, 7) is 0. The number of hydrogen-bond acceptors (Lipinski definition) is 6. The molecule has 0 bridgehead atoms. The molecule has 0 aromatic carbocycles. The van der Waals surface area contributed by atoms with Crippen LogP contribution in [0.25, 0.3) is 0 Å². The minimum atomic E-state index is -5.39. The van der Waals surface area contributed by atoms with Gasteiger partial charge in [0.05, 0.1) is 0 Å². The number of aliphatic carboxylic acids is 2. The van der Waals surface area contributed by atoms with Crippen molar-refractivity contribution in [3.63, 3.8) is 0 Å². The summed E-state index contributed by atoms with van der Waals surface area (Å²) in [5.74, 6) is -3.65. The van der Waals surface area contributed by atoms with Crippen LogP contribution < -0.4 is 20.8 Å². The van der Waals surface area contributed by atoms with E-state index in [-0.39, 0.29) is 23.2 Å². The van der Waals surface area contributed by atoms with Gasteiger partial charge in [-0.1, -0.05) is 0 Å². The third kappa shape index (κ3) is 84.0. The van der Waals surface area contributed by atoms with Gasteiger partial charge in [0.1, 0.15) is 0 Å². The Morgan fingerprint density at radius 1 is 1.00 bits per heavy atom. The molecular formula is C2H6FeNO8P. The molecule has 9 nitrogen and oxygen atoms in total. The maximum absolute atomic E-state index is 9.10. The van der Waals surface area contributed by atoms with Crippen LogP contribution in [0, 0.1) is 0 Å². The van der Waals surface area contributed by atoms with Gasteiger partial charge in [-0.25, -0.2) is 9.59 Å². The van der Waals surface area contributed by atoms with E-state index in [1.165, 1.54) is 0 Å². The number of quaternary nitrogens is 1. The predicted octanol–water partition coefficient (Wildman–Crippen LogP) is -3.30. The molecule has 0 unspecified atom stereocenters. The van der Waals surface area contributed by atoms with Crippen LogP contribution in [-0.4, -0.2) is 22.2 Å². The molecule has 0 atom stereocenters. The van der Waals surface area contributed by atoms with Crippen LogP contribution in [0.4, 0.5) is 0 Å². The fourth-order valence-corrected chi connectivity index (χ4v) is 0. The predicted molar refractivity (Wildman–Crippen MR) is 28.9 cm³/mol. The van der Waals surface area contributed by atoms with Crippen molar-refractivity contribution in [1.82, 2.24) is 6.15 Å². The molecule has 0 aromatic rings. The number of carboxylic acids is 2. The molecule has 0 radical (unpaired) electrons. The molecule has 0 spiro atoms. The standard InChI is InChI=1S/C2H2O4.Fe.H3N.H3O4P/c3-1(4)2(5)6;;;1-5(2,3)4/h(H,3,4)(H,5,6);;1H3;(H3,1,2,3,4)/q;+2;;/p-2. The Balaban J connectivity index is -0.0000000546. The Labute approximate surface area is 82.7 Å². The maximum atomic E-state index is 9.10. The Kier molecular flexibility index (Phi) is 16.9. The average Bonchev–Trinajstić information content (AvgIpc) is 1.59. The van der Waals surface area contributed by atoms with Gasteiger partial charge in [0, 0.05) is 0 Å². The summed E-state index contributed by atoms with van der Waals surface area (Å²) in [5, 5.41) is 14.8. The smallest absolute Gasteiger partial charge is 0.822 e. The molecule has 0 rings (SSSR count). The van der Waals surface area contributed by atoms with E-state index < -0.39 is 19.8 Å². The van der Waals surface area contributed by atoms with E-state index in [1.807, 2.05) is 0 Å². The second kappa shape index (κ2) is 9.62. The van der Waals surface area contributed by atoms with Crippen LogP contribution in [0.5, 0.6) is 0 Å². The van der Waals surface area contributed by atoms with Crippen molar-refractivity contribution in [3.8, 4) is 0 Å². The van der Waals surface area contributed by atoms with Gasteiger partial charge in [-0.3, -0.25) is 0 Å². The van der Waals surface area contributed by atoms with Gasteiger partial charge in [0.15, 0.2) is 0 Å². The van der Waals surface area contributed by atoms with E-state index in [4.69, 9.17) is 39.0 Å². The van der Waals surface area contributed by atoms with Crippen molar-refractivity contribution in [2.45, 2.75) is 0 Å². The number of rotatable bonds is 0. The SMILES string of the molecule is O=C(O)C(=O)O.O=P([O-])([O-])[O-].[Fe+2].[NH4+]. The van der Waals surface area contributed by atoms with Crippen molar-refractivity contribution in [2.75, 3.05) is 0 Å². The molecule has 11 heteroatoms. The van der Waals surface area contributed by atoms with Crippen LogP contribution in [0.2, 0.25) is 0 Å². The van der Waals surface area contributed by atoms with Crippen molar-refractivity contribution < 1.29 is 56.1 Å². The molecule has 0 aromatic heterocycles. The molecule has 0 amide bonds. The normalized spacial score (nSPS) is 7.92. The quantitative estimate of drug-likeness (QED) is 0.228. The number of phosphoric acid groups is 1. The zero-order valence-corrected chi connectivity index (χ0v) is 8.14. The van der Waals surface area contributed by atoms with Crippen molar-refractivity contribution >= 4 is 19.8 Å². The minimum Gasteiger partial charge on any atom is -0.822 e. The topological polar surface area (TPSA) is 197 Å². The third-order valence-corrected chi connectivity index (χ3v) is 0.183. The Bertz CT molecular complexity index is 178. The number of carbonyl (C=O) groups is 2. The van der Waals surface area contributed by atoms with Crippen LogP contribution >= 0.6 is 7.82 Å². The summed E-state index contributed by atoms with van der Waals surface area (Å²) in [6, 6.07) is 0. The first-order valence-electron chi connectivity index (χ1n) is 1.84. The van der Waals surface area contributed by atoms with Gasteiger partial charge in [-0.15, -0.1) is 0 Å². The second-order valence-corrected chi connectivity index (χ2v) is 1.95. The first-order chi connectivity index (χ1) is 4.64.